The largest absolute Gasteiger partial charge is 0.497 e. The van der Waals surface area contributed by atoms with Crippen molar-refractivity contribution in [2.24, 2.45) is 0 Å². The first-order chi connectivity index (χ1) is 35.8. The zero-order valence-corrected chi connectivity index (χ0v) is 42.8. The number of aromatic nitrogens is 6. The normalized spacial score (nSPS) is 11.0. The monoisotopic (exact) mass is 1040 g/mol. The van der Waals surface area contributed by atoms with E-state index in [1.165, 1.54) is 18.0 Å². The molecule has 384 valence electrons. The first kappa shape index (κ1) is 53.3. The summed E-state index contributed by atoms with van der Waals surface area (Å²) in [5.74, 6) is -0.229. The fraction of sp³-hybridized carbons (Fsp3) is 0.231. The Morgan fingerprint density at radius 2 is 1.01 bits per heavy atom. The molecule has 0 amide bonds. The Morgan fingerprint density at radius 1 is 0.595 bits per heavy atom. The SMILES string of the molecule is CCOC(=O)c1c(NCc2ccc(OC)cc2)c2cnc(S(C)(=O)=O)nc2n(OCc2ccccc2)c1=O.CCOC(=O)c1c(NCc2ccc(OC)cc2)c2cnc(SC)nc2n(OCc2ccccc2)c1=O. The molecule has 20 nitrogen and oxygen atoms in total. The van der Waals surface area contributed by atoms with E-state index in [4.69, 9.17) is 28.6 Å². The highest BCUT2D eigenvalue weighted by Gasteiger charge is 2.28. The molecule has 22 heteroatoms. The molecule has 0 aliphatic heterocycles. The minimum Gasteiger partial charge on any atom is -0.497 e. The first-order valence-corrected chi connectivity index (χ1v) is 26.0. The van der Waals surface area contributed by atoms with E-state index in [-0.39, 0.29) is 72.2 Å². The number of anilines is 2. The van der Waals surface area contributed by atoms with Gasteiger partial charge >= 0.3 is 23.1 Å². The number of esters is 2. The fourth-order valence-electron chi connectivity index (χ4n) is 7.22. The van der Waals surface area contributed by atoms with Crippen molar-refractivity contribution in [3.63, 3.8) is 0 Å². The zero-order valence-electron chi connectivity index (χ0n) is 41.2. The summed E-state index contributed by atoms with van der Waals surface area (Å²) in [7, 11) is -0.658. The Labute approximate surface area is 429 Å². The molecule has 0 saturated heterocycles. The van der Waals surface area contributed by atoms with Crippen LogP contribution in [0, 0.1) is 0 Å². The summed E-state index contributed by atoms with van der Waals surface area (Å²) >= 11 is 1.33. The van der Waals surface area contributed by atoms with Gasteiger partial charge in [-0.1, -0.05) is 96.7 Å². The van der Waals surface area contributed by atoms with Crippen LogP contribution in [-0.2, 0) is 45.6 Å². The maximum atomic E-state index is 13.7. The van der Waals surface area contributed by atoms with Crippen molar-refractivity contribution in [1.82, 2.24) is 29.4 Å². The summed E-state index contributed by atoms with van der Waals surface area (Å²) < 4.78 is 47.1. The van der Waals surface area contributed by atoms with Gasteiger partial charge in [0.05, 0.1) is 49.6 Å². The third kappa shape index (κ3) is 12.7. The fourth-order valence-corrected chi connectivity index (χ4v) is 8.05. The number of nitrogens with one attached hydrogen (secondary N) is 2. The number of thioether (sulfide) groups is 1. The number of sulfone groups is 1. The third-order valence-corrected chi connectivity index (χ3v) is 12.3. The summed E-state index contributed by atoms with van der Waals surface area (Å²) in [6.07, 6.45) is 5.61. The van der Waals surface area contributed by atoms with E-state index in [1.807, 2.05) is 79.1 Å². The van der Waals surface area contributed by atoms with Gasteiger partial charge in [0.25, 0.3) is 0 Å². The summed E-state index contributed by atoms with van der Waals surface area (Å²) in [6, 6.07) is 33.1. The van der Waals surface area contributed by atoms with Crippen LogP contribution in [0.25, 0.3) is 22.1 Å². The second-order valence-corrected chi connectivity index (χ2v) is 18.5. The highest BCUT2D eigenvalue weighted by molar-refractivity contribution is 7.98. The Hall–Kier alpha value is -8.50. The molecule has 8 rings (SSSR count). The highest BCUT2D eigenvalue weighted by Crippen LogP contribution is 2.29. The molecule has 2 N–H and O–H groups in total. The summed E-state index contributed by atoms with van der Waals surface area (Å²) in [5.41, 5.74) is 1.84. The summed E-state index contributed by atoms with van der Waals surface area (Å²) in [6.45, 7) is 4.06. The van der Waals surface area contributed by atoms with Gasteiger partial charge in [0, 0.05) is 31.7 Å². The van der Waals surface area contributed by atoms with Gasteiger partial charge in [0.15, 0.2) is 27.6 Å². The molecule has 0 bridgehead atoms. The number of methoxy groups -OCH3 is 2. The Bertz CT molecular complexity index is 3490. The van der Waals surface area contributed by atoms with Gasteiger partial charge in [-0.15, -0.1) is 9.46 Å². The number of carbonyl (C=O) groups excluding carboxylic acids is 2. The number of carbonyl (C=O) groups is 2. The molecule has 0 spiro atoms. The van der Waals surface area contributed by atoms with Gasteiger partial charge in [-0.05, 0) is 66.6 Å². The van der Waals surface area contributed by atoms with Crippen LogP contribution in [0.1, 0.15) is 56.8 Å². The quantitative estimate of drug-likeness (QED) is 0.0466. The molecule has 74 heavy (non-hydrogen) atoms. The number of ether oxygens (including phenoxy) is 4. The Morgan fingerprint density at radius 3 is 1.41 bits per heavy atom. The minimum atomic E-state index is -3.82. The number of hydrogen-bond donors (Lipinski definition) is 2. The number of fused-ring (bicyclic) bond motifs is 2. The molecule has 4 aromatic carbocycles. The molecule has 0 atom stereocenters. The van der Waals surface area contributed by atoms with Gasteiger partial charge in [-0.25, -0.2) is 33.0 Å². The van der Waals surface area contributed by atoms with Gasteiger partial charge in [-0.3, -0.25) is 9.59 Å². The van der Waals surface area contributed by atoms with Crippen LogP contribution in [-0.4, -0.2) is 89.7 Å². The average Bonchev–Trinajstić information content (AvgIpc) is 3.41. The Kier molecular flexibility index (Phi) is 17.8. The van der Waals surface area contributed by atoms with Crippen LogP contribution < -0.4 is 40.9 Å². The topological polar surface area (TPSA) is 243 Å². The lowest BCUT2D eigenvalue weighted by Crippen LogP contribution is -2.34. The van der Waals surface area contributed by atoms with Crippen LogP contribution in [0.15, 0.2) is 141 Å². The lowest BCUT2D eigenvalue weighted by atomic mass is 10.1. The molecule has 4 aromatic heterocycles. The van der Waals surface area contributed by atoms with Gasteiger partial charge in [0.1, 0.15) is 24.7 Å². The van der Waals surface area contributed by atoms with Gasteiger partial charge < -0.3 is 39.3 Å². The van der Waals surface area contributed by atoms with Crippen molar-refractivity contribution in [1.29, 1.82) is 0 Å². The van der Waals surface area contributed by atoms with Crippen LogP contribution in [0.4, 0.5) is 11.4 Å². The maximum Gasteiger partial charge on any atom is 0.346 e. The second-order valence-electron chi connectivity index (χ2n) is 15.8. The molecular weight excluding hydrogens is 993 g/mol. The number of pyridine rings is 2. The molecule has 0 radical (unpaired) electrons. The van der Waals surface area contributed by atoms with E-state index in [2.05, 4.69) is 30.6 Å². The lowest BCUT2D eigenvalue weighted by molar-refractivity contribution is 0.0504. The van der Waals surface area contributed by atoms with Crippen molar-refractivity contribution in [3.8, 4) is 11.5 Å². The van der Waals surface area contributed by atoms with Crippen LogP contribution >= 0.6 is 11.8 Å². The van der Waals surface area contributed by atoms with E-state index in [9.17, 15) is 27.6 Å². The summed E-state index contributed by atoms with van der Waals surface area (Å²) in [4.78, 5) is 82.0. The molecule has 0 aliphatic carbocycles. The number of hydrogen-bond acceptors (Lipinski definition) is 19. The predicted octanol–water partition coefficient (Wildman–Crippen LogP) is 6.56. The smallest absolute Gasteiger partial charge is 0.346 e. The van der Waals surface area contributed by atoms with Gasteiger partial charge in [-0.2, -0.15) is 4.98 Å². The van der Waals surface area contributed by atoms with Crippen molar-refractivity contribution in [2.45, 2.75) is 50.5 Å². The van der Waals surface area contributed by atoms with E-state index in [1.54, 1.807) is 70.7 Å². The molecule has 4 heterocycles. The number of benzene rings is 4. The molecule has 0 unspecified atom stereocenters. The van der Waals surface area contributed by atoms with Crippen molar-refractivity contribution < 1.29 is 46.6 Å². The molecule has 0 saturated carbocycles. The van der Waals surface area contributed by atoms with Gasteiger partial charge in [0.2, 0.25) is 15.0 Å². The molecule has 8 aromatic rings. The molecule has 0 fully saturated rings. The third-order valence-electron chi connectivity index (χ3n) is 10.8. The van der Waals surface area contributed by atoms with E-state index < -0.39 is 38.1 Å². The van der Waals surface area contributed by atoms with Crippen LogP contribution in [0.5, 0.6) is 11.5 Å². The standard InChI is InChI=1S/C26H26N4O7S.C26H26N4O5S/c1-4-36-25(32)21-22(27-14-17-10-12-19(35-2)13-11-17)20-15-28-26(38(3,33)34)29-23(20)30(24(21)31)37-16-18-8-6-5-7-9-18;1-4-34-25(32)21-22(27-14-17-10-12-19(33-2)13-11-17)20-15-28-26(36-3)29-23(20)30(24(21)31)35-16-18-8-6-5-7-9-18/h5-13,15,27H,4,14,16H2,1-3H3;5-13,15,27H,4,14,16H2,1-3H3. The second kappa shape index (κ2) is 24.8. The van der Waals surface area contributed by atoms with Crippen molar-refractivity contribution in [3.05, 3.63) is 176 Å². The summed E-state index contributed by atoms with van der Waals surface area (Å²) in [5, 5.41) is 6.96. The zero-order chi connectivity index (χ0) is 52.8. The first-order valence-electron chi connectivity index (χ1n) is 22.9. The molecular formula is C52H52N8O12S2. The van der Waals surface area contributed by atoms with E-state index >= 15 is 0 Å². The van der Waals surface area contributed by atoms with Crippen LogP contribution in [0.2, 0.25) is 0 Å². The maximum absolute atomic E-state index is 13.7. The number of rotatable bonds is 20. The Balaban J connectivity index is 0.000000217. The minimum absolute atomic E-state index is 0.0304. The number of nitrogens with zero attached hydrogens (tertiary/aromatic N) is 6. The molecule has 0 aliphatic rings. The van der Waals surface area contributed by atoms with E-state index in [0.29, 0.717) is 22.8 Å². The predicted molar refractivity (Wildman–Crippen MR) is 278 cm³/mol. The average molecular weight is 1050 g/mol. The van der Waals surface area contributed by atoms with Crippen molar-refractivity contribution in [2.75, 3.05) is 50.6 Å². The lowest BCUT2D eigenvalue weighted by Gasteiger charge is -2.18. The van der Waals surface area contributed by atoms with Crippen molar-refractivity contribution >= 4 is 67.0 Å². The van der Waals surface area contributed by atoms with Crippen LogP contribution in [0.3, 0.4) is 0 Å². The highest BCUT2D eigenvalue weighted by atomic mass is 32.2. The van der Waals surface area contributed by atoms with E-state index in [0.717, 1.165) is 43.7 Å².